The lowest BCUT2D eigenvalue weighted by Gasteiger charge is -2.30. The average molecular weight is 296 g/mol. The zero-order chi connectivity index (χ0) is 14.5. The van der Waals surface area contributed by atoms with E-state index in [-0.39, 0.29) is 12.1 Å². The molecule has 2 amide bonds. The summed E-state index contributed by atoms with van der Waals surface area (Å²) in [5.74, 6) is 0. The smallest absolute Gasteiger partial charge is 0.317 e. The van der Waals surface area contributed by atoms with E-state index in [4.69, 9.17) is 0 Å². The van der Waals surface area contributed by atoms with Gasteiger partial charge in [0, 0.05) is 43.3 Å². The van der Waals surface area contributed by atoms with Crippen molar-refractivity contribution in [2.45, 2.75) is 50.1 Å². The van der Waals surface area contributed by atoms with Gasteiger partial charge in [-0.2, -0.15) is 11.8 Å². The molecule has 3 atom stereocenters. The third-order valence-electron chi connectivity index (χ3n) is 3.95. The average Bonchev–Trinajstić information content (AvgIpc) is 3.07. The highest BCUT2D eigenvalue weighted by Crippen LogP contribution is 2.31. The van der Waals surface area contributed by atoms with Gasteiger partial charge in [-0.25, -0.2) is 9.78 Å². The second-order valence-electron chi connectivity index (χ2n) is 5.49. The summed E-state index contributed by atoms with van der Waals surface area (Å²) in [6, 6.07) is 0.488. The maximum atomic E-state index is 12.3. The minimum Gasteiger partial charge on any atom is -0.335 e. The Morgan fingerprint density at radius 2 is 2.40 bits per heavy atom. The van der Waals surface area contributed by atoms with Gasteiger partial charge in [0.1, 0.15) is 0 Å². The number of imidazole rings is 1. The first-order chi connectivity index (χ1) is 9.61. The number of nitrogens with one attached hydrogen (secondary N) is 1. The number of thioether (sulfide) groups is 1. The molecule has 1 aliphatic carbocycles. The second-order valence-corrected chi connectivity index (χ2v) is 6.57. The number of rotatable bonds is 5. The van der Waals surface area contributed by atoms with Gasteiger partial charge in [0.15, 0.2) is 0 Å². The molecular formula is C14H24N4OS. The Bertz CT molecular complexity index is 423. The first-order valence-corrected chi connectivity index (χ1v) is 8.42. The van der Waals surface area contributed by atoms with Gasteiger partial charge >= 0.3 is 6.03 Å². The van der Waals surface area contributed by atoms with E-state index in [2.05, 4.69) is 16.6 Å². The number of nitrogens with zero attached hydrogens (tertiary/aromatic N) is 3. The number of carbonyl (C=O) groups excluding carboxylic acids is 1. The van der Waals surface area contributed by atoms with Crippen LogP contribution in [0.5, 0.6) is 0 Å². The molecule has 0 aliphatic heterocycles. The normalized spacial score (nSPS) is 23.6. The van der Waals surface area contributed by atoms with Crippen molar-refractivity contribution in [1.29, 1.82) is 0 Å². The second kappa shape index (κ2) is 7.02. The van der Waals surface area contributed by atoms with Gasteiger partial charge in [-0.1, -0.05) is 6.42 Å². The van der Waals surface area contributed by atoms with Crippen molar-refractivity contribution >= 4 is 17.8 Å². The van der Waals surface area contributed by atoms with E-state index in [0.717, 1.165) is 13.0 Å². The van der Waals surface area contributed by atoms with Crippen LogP contribution in [0, 0.1) is 0 Å². The van der Waals surface area contributed by atoms with E-state index in [1.807, 2.05) is 41.4 Å². The SMILES string of the molecule is CSC1CCCC1N(C)C(=O)NC(C)Cn1ccnc1. The van der Waals surface area contributed by atoms with Gasteiger partial charge in [0.25, 0.3) is 0 Å². The van der Waals surface area contributed by atoms with Gasteiger partial charge in [-0.3, -0.25) is 0 Å². The lowest BCUT2D eigenvalue weighted by Crippen LogP contribution is -2.49. The summed E-state index contributed by atoms with van der Waals surface area (Å²) in [5, 5.41) is 3.65. The Labute approximate surface area is 125 Å². The summed E-state index contributed by atoms with van der Waals surface area (Å²) in [5.41, 5.74) is 0. The van der Waals surface area contributed by atoms with Crippen molar-refractivity contribution in [3.63, 3.8) is 0 Å². The van der Waals surface area contributed by atoms with Crippen LogP contribution in [0.15, 0.2) is 18.7 Å². The van der Waals surface area contributed by atoms with Crippen LogP contribution in [0.3, 0.4) is 0 Å². The number of urea groups is 1. The van der Waals surface area contributed by atoms with Crippen molar-refractivity contribution < 1.29 is 4.79 Å². The van der Waals surface area contributed by atoms with Crippen molar-refractivity contribution in [2.75, 3.05) is 13.3 Å². The molecule has 6 heteroatoms. The molecule has 0 spiro atoms. The van der Waals surface area contributed by atoms with Crippen LogP contribution in [-0.2, 0) is 6.54 Å². The third-order valence-corrected chi connectivity index (χ3v) is 5.11. The summed E-state index contributed by atoms with van der Waals surface area (Å²) >= 11 is 1.87. The fourth-order valence-corrected chi connectivity index (χ4v) is 3.88. The maximum absolute atomic E-state index is 12.3. The minimum atomic E-state index is 0.0311. The maximum Gasteiger partial charge on any atom is 0.317 e. The molecular weight excluding hydrogens is 272 g/mol. The molecule has 2 rings (SSSR count). The lowest BCUT2D eigenvalue weighted by molar-refractivity contribution is 0.187. The topological polar surface area (TPSA) is 50.2 Å². The molecule has 5 nitrogen and oxygen atoms in total. The first-order valence-electron chi connectivity index (χ1n) is 7.13. The summed E-state index contributed by atoms with van der Waals surface area (Å²) in [7, 11) is 1.92. The Balaban J connectivity index is 1.84. The van der Waals surface area contributed by atoms with E-state index in [1.165, 1.54) is 12.8 Å². The number of amides is 2. The molecule has 20 heavy (non-hydrogen) atoms. The molecule has 3 unspecified atom stereocenters. The Morgan fingerprint density at radius 3 is 3.05 bits per heavy atom. The molecule has 1 aliphatic rings. The molecule has 112 valence electrons. The van der Waals surface area contributed by atoms with Gasteiger partial charge in [0.05, 0.1) is 6.33 Å². The van der Waals surface area contributed by atoms with E-state index in [1.54, 1.807) is 12.5 Å². The van der Waals surface area contributed by atoms with Gasteiger partial charge in [0.2, 0.25) is 0 Å². The highest BCUT2D eigenvalue weighted by Gasteiger charge is 2.32. The molecule has 1 N–H and O–H groups in total. The van der Waals surface area contributed by atoms with Crippen LogP contribution in [0.4, 0.5) is 4.79 Å². The predicted octanol–water partition coefficient (Wildman–Crippen LogP) is 2.20. The number of carbonyl (C=O) groups is 1. The van der Waals surface area contributed by atoms with Gasteiger partial charge in [-0.05, 0) is 26.0 Å². The zero-order valence-corrected chi connectivity index (χ0v) is 13.3. The van der Waals surface area contributed by atoms with Crippen LogP contribution in [0.1, 0.15) is 26.2 Å². The molecule has 1 saturated carbocycles. The van der Waals surface area contributed by atoms with Crippen LogP contribution < -0.4 is 5.32 Å². The van der Waals surface area contributed by atoms with Gasteiger partial charge < -0.3 is 14.8 Å². The molecule has 0 radical (unpaired) electrons. The standard InChI is InChI=1S/C14H24N4OS/c1-11(9-18-8-7-15-10-18)16-14(19)17(2)12-5-4-6-13(12)20-3/h7-8,10-13H,4-6,9H2,1-3H3,(H,16,19). The van der Waals surface area contributed by atoms with Crippen LogP contribution in [0.2, 0.25) is 0 Å². The van der Waals surface area contributed by atoms with E-state index >= 15 is 0 Å². The zero-order valence-electron chi connectivity index (χ0n) is 12.5. The largest absolute Gasteiger partial charge is 0.335 e. The number of hydrogen-bond acceptors (Lipinski definition) is 3. The quantitative estimate of drug-likeness (QED) is 0.906. The van der Waals surface area contributed by atoms with Crippen molar-refractivity contribution in [3.05, 3.63) is 18.7 Å². The molecule has 1 aromatic rings. The molecule has 0 aromatic carbocycles. The number of hydrogen-bond donors (Lipinski definition) is 1. The Kier molecular flexibility index (Phi) is 5.34. The molecule has 1 heterocycles. The Hall–Kier alpha value is -1.17. The van der Waals surface area contributed by atoms with Crippen molar-refractivity contribution in [3.8, 4) is 0 Å². The van der Waals surface area contributed by atoms with Crippen LogP contribution in [0.25, 0.3) is 0 Å². The molecule has 0 bridgehead atoms. The van der Waals surface area contributed by atoms with E-state index in [0.29, 0.717) is 11.3 Å². The molecule has 1 aromatic heterocycles. The van der Waals surface area contributed by atoms with E-state index in [9.17, 15) is 4.79 Å². The summed E-state index contributed by atoms with van der Waals surface area (Å²) < 4.78 is 1.98. The van der Waals surface area contributed by atoms with Gasteiger partial charge in [-0.15, -0.1) is 0 Å². The monoisotopic (exact) mass is 296 g/mol. The summed E-state index contributed by atoms with van der Waals surface area (Å²) in [4.78, 5) is 18.2. The number of aromatic nitrogens is 2. The van der Waals surface area contributed by atoms with Crippen LogP contribution >= 0.6 is 11.8 Å². The van der Waals surface area contributed by atoms with Crippen LogP contribution in [-0.4, -0.2) is 51.1 Å². The summed E-state index contributed by atoms with van der Waals surface area (Å²) in [6.45, 7) is 2.77. The highest BCUT2D eigenvalue weighted by molar-refractivity contribution is 7.99. The predicted molar refractivity (Wildman–Crippen MR) is 82.9 cm³/mol. The summed E-state index contributed by atoms with van der Waals surface area (Å²) in [6.07, 6.45) is 11.1. The fraction of sp³-hybridized carbons (Fsp3) is 0.714. The molecule has 0 saturated heterocycles. The fourth-order valence-electron chi connectivity index (χ4n) is 2.84. The molecule has 1 fully saturated rings. The minimum absolute atomic E-state index is 0.0311. The highest BCUT2D eigenvalue weighted by atomic mass is 32.2. The van der Waals surface area contributed by atoms with Crippen molar-refractivity contribution in [2.24, 2.45) is 0 Å². The van der Waals surface area contributed by atoms with Crippen molar-refractivity contribution in [1.82, 2.24) is 19.8 Å². The Morgan fingerprint density at radius 1 is 1.60 bits per heavy atom. The van der Waals surface area contributed by atoms with E-state index < -0.39 is 0 Å². The first kappa shape index (κ1) is 15.2. The lowest BCUT2D eigenvalue weighted by atomic mass is 10.2. The third kappa shape index (κ3) is 3.69.